The van der Waals surface area contributed by atoms with Gasteiger partial charge in [-0.25, -0.2) is 8.42 Å². The quantitative estimate of drug-likeness (QED) is 0.573. The van der Waals surface area contributed by atoms with Gasteiger partial charge in [0.15, 0.2) is 6.10 Å². The summed E-state index contributed by atoms with van der Waals surface area (Å²) in [6, 6.07) is 19.0. The molecule has 34 heavy (non-hydrogen) atoms. The van der Waals surface area contributed by atoms with Gasteiger partial charge in [-0.2, -0.15) is 0 Å². The van der Waals surface area contributed by atoms with Gasteiger partial charge < -0.3 is 14.8 Å². The third-order valence-corrected chi connectivity index (χ3v) is 7.64. The number of anilines is 1. The van der Waals surface area contributed by atoms with E-state index in [1.807, 2.05) is 51.1 Å². The minimum atomic E-state index is -3.91. The Hall–Kier alpha value is -3.52. The number of aryl methyl sites for hydroxylation is 2. The molecule has 0 bridgehead atoms. The average Bonchev–Trinajstić information content (AvgIpc) is 2.83. The predicted molar refractivity (Wildman–Crippen MR) is 131 cm³/mol. The fraction of sp³-hybridized carbons (Fsp3) is 0.269. The minimum absolute atomic E-state index is 0.142. The summed E-state index contributed by atoms with van der Waals surface area (Å²) in [6.45, 7) is 5.48. The van der Waals surface area contributed by atoms with Gasteiger partial charge in [0, 0.05) is 5.56 Å². The summed E-state index contributed by atoms with van der Waals surface area (Å²) in [5, 5.41) is 2.94. The van der Waals surface area contributed by atoms with Crippen molar-refractivity contribution in [2.75, 3.05) is 18.0 Å². The number of hydrogen-bond donors (Lipinski definition) is 1. The van der Waals surface area contributed by atoms with Crippen molar-refractivity contribution in [2.24, 2.45) is 0 Å². The maximum absolute atomic E-state index is 13.6. The van der Waals surface area contributed by atoms with Gasteiger partial charge in [0.1, 0.15) is 11.5 Å². The smallest absolute Gasteiger partial charge is 0.264 e. The molecule has 3 aromatic rings. The van der Waals surface area contributed by atoms with E-state index in [-0.39, 0.29) is 17.5 Å². The van der Waals surface area contributed by atoms with Crippen LogP contribution >= 0.6 is 0 Å². The predicted octanol–water partition coefficient (Wildman–Crippen LogP) is 4.15. The number of benzene rings is 3. The topological polar surface area (TPSA) is 84.9 Å². The number of para-hydroxylation sites is 1. The molecule has 1 aliphatic rings. The molecule has 0 spiro atoms. The SMILES string of the molecule is COc1ccccc1[C@@H](C)NC(=O)[C@H]1CN(S(=O)(=O)c2ccc(C)cc2)c2cc(C)ccc2O1. The Labute approximate surface area is 200 Å². The van der Waals surface area contributed by atoms with Gasteiger partial charge in [0.25, 0.3) is 15.9 Å². The molecule has 0 unspecified atom stereocenters. The Kier molecular flexibility index (Phi) is 6.52. The van der Waals surface area contributed by atoms with E-state index in [0.29, 0.717) is 17.2 Å². The van der Waals surface area contributed by atoms with Crippen LogP contribution in [0.2, 0.25) is 0 Å². The number of amides is 1. The van der Waals surface area contributed by atoms with Crippen molar-refractivity contribution in [3.63, 3.8) is 0 Å². The van der Waals surface area contributed by atoms with Crippen LogP contribution in [0.4, 0.5) is 5.69 Å². The summed E-state index contributed by atoms with van der Waals surface area (Å²) < 4.78 is 39.8. The van der Waals surface area contributed by atoms with E-state index in [4.69, 9.17) is 9.47 Å². The van der Waals surface area contributed by atoms with Crippen molar-refractivity contribution in [3.05, 3.63) is 83.4 Å². The van der Waals surface area contributed by atoms with Gasteiger partial charge in [0.05, 0.1) is 30.3 Å². The summed E-state index contributed by atoms with van der Waals surface area (Å²) in [6.07, 6.45) is -1.02. The summed E-state index contributed by atoms with van der Waals surface area (Å²) >= 11 is 0. The Morgan fingerprint density at radius 3 is 2.44 bits per heavy atom. The van der Waals surface area contributed by atoms with Gasteiger partial charge in [-0.1, -0.05) is 42.0 Å². The van der Waals surface area contributed by atoms with E-state index in [0.717, 1.165) is 16.7 Å². The second-order valence-corrected chi connectivity index (χ2v) is 10.3. The Morgan fingerprint density at radius 1 is 1.06 bits per heavy atom. The number of methoxy groups -OCH3 is 1. The van der Waals surface area contributed by atoms with Crippen molar-refractivity contribution in [1.82, 2.24) is 5.32 Å². The van der Waals surface area contributed by atoms with Crippen molar-refractivity contribution < 1.29 is 22.7 Å². The van der Waals surface area contributed by atoms with Crippen LogP contribution in [0.1, 0.15) is 29.7 Å². The van der Waals surface area contributed by atoms with E-state index >= 15 is 0 Å². The molecule has 0 saturated heterocycles. The van der Waals surface area contributed by atoms with Crippen LogP contribution in [-0.2, 0) is 14.8 Å². The number of carbonyl (C=O) groups is 1. The summed E-state index contributed by atoms with van der Waals surface area (Å²) in [7, 11) is -2.34. The summed E-state index contributed by atoms with van der Waals surface area (Å²) in [5.41, 5.74) is 3.08. The lowest BCUT2D eigenvalue weighted by Crippen LogP contribution is -2.51. The first-order valence-corrected chi connectivity index (χ1v) is 12.4. The Morgan fingerprint density at radius 2 is 1.74 bits per heavy atom. The largest absolute Gasteiger partial charge is 0.496 e. The molecule has 3 aromatic carbocycles. The van der Waals surface area contributed by atoms with E-state index in [1.54, 1.807) is 43.5 Å². The number of carbonyl (C=O) groups excluding carboxylic acids is 1. The zero-order valence-electron chi connectivity index (χ0n) is 19.6. The van der Waals surface area contributed by atoms with Crippen LogP contribution in [0.25, 0.3) is 0 Å². The second-order valence-electron chi connectivity index (χ2n) is 8.40. The van der Waals surface area contributed by atoms with Gasteiger partial charge in [-0.15, -0.1) is 0 Å². The lowest BCUT2D eigenvalue weighted by atomic mass is 10.1. The highest BCUT2D eigenvalue weighted by molar-refractivity contribution is 7.92. The maximum atomic E-state index is 13.6. The zero-order valence-corrected chi connectivity index (χ0v) is 20.4. The number of nitrogens with one attached hydrogen (secondary N) is 1. The highest BCUT2D eigenvalue weighted by Gasteiger charge is 2.38. The first-order valence-electron chi connectivity index (χ1n) is 11.0. The number of rotatable bonds is 6. The van der Waals surface area contributed by atoms with Crippen molar-refractivity contribution in [3.8, 4) is 11.5 Å². The molecule has 0 aromatic heterocycles. The molecule has 1 amide bonds. The number of sulfonamides is 1. The van der Waals surface area contributed by atoms with Crippen molar-refractivity contribution in [2.45, 2.75) is 37.8 Å². The van der Waals surface area contributed by atoms with E-state index < -0.39 is 22.0 Å². The molecule has 7 nitrogen and oxygen atoms in total. The molecule has 2 atom stereocenters. The molecule has 1 N–H and O–H groups in total. The third kappa shape index (κ3) is 4.59. The highest BCUT2D eigenvalue weighted by atomic mass is 32.2. The summed E-state index contributed by atoms with van der Waals surface area (Å²) in [4.78, 5) is 13.4. The van der Waals surface area contributed by atoms with Gasteiger partial charge in [-0.05, 0) is 56.7 Å². The number of ether oxygens (including phenoxy) is 2. The lowest BCUT2D eigenvalue weighted by molar-refractivity contribution is -0.128. The van der Waals surface area contributed by atoms with Crippen LogP contribution < -0.4 is 19.1 Å². The lowest BCUT2D eigenvalue weighted by Gasteiger charge is -2.35. The molecule has 178 valence electrons. The zero-order chi connectivity index (χ0) is 24.5. The number of hydrogen-bond acceptors (Lipinski definition) is 5. The Balaban J connectivity index is 1.65. The van der Waals surface area contributed by atoms with Gasteiger partial charge in [0.2, 0.25) is 0 Å². The molecular formula is C26H28N2O5S. The van der Waals surface area contributed by atoms with E-state index in [1.165, 1.54) is 4.31 Å². The third-order valence-electron chi connectivity index (χ3n) is 5.85. The van der Waals surface area contributed by atoms with Crippen molar-refractivity contribution >= 4 is 21.6 Å². The summed E-state index contributed by atoms with van der Waals surface area (Å²) in [5.74, 6) is 0.593. The molecular weight excluding hydrogens is 452 g/mol. The molecule has 0 fully saturated rings. The average molecular weight is 481 g/mol. The first kappa shape index (κ1) is 23.6. The standard InChI is InChI=1S/C26H28N2O5S/c1-17-9-12-20(13-10-17)34(30,31)28-16-25(33-24-14-11-18(2)15-22(24)28)26(29)27-19(3)21-7-5-6-8-23(21)32-4/h5-15,19,25H,16H2,1-4H3,(H,27,29)/t19-,25-/m1/s1. The van der Waals surface area contributed by atoms with Gasteiger partial charge in [-0.3, -0.25) is 9.10 Å². The van der Waals surface area contributed by atoms with Crippen LogP contribution in [-0.4, -0.2) is 34.1 Å². The monoisotopic (exact) mass is 480 g/mol. The molecule has 8 heteroatoms. The number of fused-ring (bicyclic) bond motifs is 1. The minimum Gasteiger partial charge on any atom is -0.496 e. The van der Waals surface area contributed by atoms with E-state index in [9.17, 15) is 13.2 Å². The van der Waals surface area contributed by atoms with E-state index in [2.05, 4.69) is 5.32 Å². The van der Waals surface area contributed by atoms with Crippen LogP contribution in [0.15, 0.2) is 71.6 Å². The van der Waals surface area contributed by atoms with Gasteiger partial charge >= 0.3 is 0 Å². The van der Waals surface area contributed by atoms with Crippen molar-refractivity contribution in [1.29, 1.82) is 0 Å². The van der Waals surface area contributed by atoms with Crippen LogP contribution in [0.5, 0.6) is 11.5 Å². The molecule has 0 aliphatic carbocycles. The first-order chi connectivity index (χ1) is 16.2. The second kappa shape index (κ2) is 9.38. The molecule has 4 rings (SSSR count). The number of nitrogens with zero attached hydrogens (tertiary/aromatic N) is 1. The maximum Gasteiger partial charge on any atom is 0.264 e. The molecule has 1 heterocycles. The van der Waals surface area contributed by atoms with Crippen LogP contribution in [0, 0.1) is 13.8 Å². The molecule has 1 aliphatic heterocycles. The highest BCUT2D eigenvalue weighted by Crippen LogP contribution is 2.38. The Bertz CT molecular complexity index is 1310. The fourth-order valence-corrected chi connectivity index (χ4v) is 5.44. The normalized spacial score (nSPS) is 16.2. The molecule has 0 radical (unpaired) electrons. The van der Waals surface area contributed by atoms with Crippen LogP contribution in [0.3, 0.4) is 0 Å². The molecule has 0 saturated carbocycles. The fourth-order valence-electron chi connectivity index (χ4n) is 3.97.